The number of carbonyl (C=O) groups excluding carboxylic acids is 2. The molecule has 1 aromatic heterocycles. The van der Waals surface area contributed by atoms with Crippen LogP contribution >= 0.6 is 24.8 Å². The first kappa shape index (κ1) is 25.0. The Morgan fingerprint density at radius 3 is 2.10 bits per heavy atom. The summed E-state index contributed by atoms with van der Waals surface area (Å²) in [5, 5.41) is 5.70. The van der Waals surface area contributed by atoms with E-state index in [9.17, 15) is 9.59 Å². The molecule has 0 atom stereocenters. The van der Waals surface area contributed by atoms with Crippen molar-refractivity contribution in [3.8, 4) is 0 Å². The van der Waals surface area contributed by atoms with E-state index in [1.807, 2.05) is 0 Å². The molecule has 0 spiro atoms. The number of carbonyl (C=O) groups is 2. The van der Waals surface area contributed by atoms with Crippen molar-refractivity contribution in [2.75, 3.05) is 30.3 Å². The van der Waals surface area contributed by atoms with Crippen molar-refractivity contribution in [3.63, 3.8) is 0 Å². The second-order valence-electron chi connectivity index (χ2n) is 6.78. The van der Waals surface area contributed by atoms with Gasteiger partial charge in [0.1, 0.15) is 12.0 Å². The Bertz CT molecular complexity index is 772. The monoisotopic (exact) mass is 442 g/mol. The van der Waals surface area contributed by atoms with Crippen LogP contribution in [0.15, 0.2) is 41.0 Å². The summed E-state index contributed by atoms with van der Waals surface area (Å²) in [6, 6.07) is 8.67. The van der Waals surface area contributed by atoms with Gasteiger partial charge in [0.05, 0.1) is 18.7 Å². The summed E-state index contributed by atoms with van der Waals surface area (Å²) < 4.78 is 5.17. The van der Waals surface area contributed by atoms with E-state index < -0.39 is 0 Å². The molecule has 1 aliphatic heterocycles. The highest BCUT2D eigenvalue weighted by Gasteiger charge is 2.13. The third-order valence-electron chi connectivity index (χ3n) is 4.61. The van der Waals surface area contributed by atoms with Crippen molar-refractivity contribution in [1.29, 1.82) is 0 Å². The highest BCUT2D eigenvalue weighted by atomic mass is 35.5. The molecule has 4 N–H and O–H groups in total. The predicted molar refractivity (Wildman–Crippen MR) is 119 cm³/mol. The van der Waals surface area contributed by atoms with Crippen LogP contribution in [0.4, 0.5) is 11.4 Å². The number of hydrogen-bond acceptors (Lipinski definition) is 5. The van der Waals surface area contributed by atoms with Crippen molar-refractivity contribution >= 4 is 48.0 Å². The molecular formula is C20H28Cl2N4O3. The van der Waals surface area contributed by atoms with Crippen molar-refractivity contribution < 1.29 is 14.0 Å². The van der Waals surface area contributed by atoms with Crippen molar-refractivity contribution in [2.45, 2.75) is 32.2 Å². The van der Waals surface area contributed by atoms with Gasteiger partial charge in [-0.05, 0) is 56.3 Å². The first-order valence-corrected chi connectivity index (χ1v) is 9.35. The molecule has 160 valence electrons. The van der Waals surface area contributed by atoms with Crippen LogP contribution in [-0.2, 0) is 11.3 Å². The summed E-state index contributed by atoms with van der Waals surface area (Å²) in [6.07, 6.45) is 6.19. The lowest BCUT2D eigenvalue weighted by atomic mass is 10.2. The van der Waals surface area contributed by atoms with Gasteiger partial charge in [0.2, 0.25) is 5.91 Å². The molecule has 2 amide bonds. The molecule has 0 aliphatic carbocycles. The van der Waals surface area contributed by atoms with Crippen molar-refractivity contribution in [2.24, 2.45) is 5.73 Å². The van der Waals surface area contributed by atoms with Gasteiger partial charge < -0.3 is 20.8 Å². The number of furan rings is 1. The molecule has 9 heteroatoms. The average molecular weight is 443 g/mol. The zero-order valence-corrected chi connectivity index (χ0v) is 17.8. The molecule has 29 heavy (non-hydrogen) atoms. The van der Waals surface area contributed by atoms with Crippen molar-refractivity contribution in [3.05, 3.63) is 47.9 Å². The van der Waals surface area contributed by atoms with Crippen LogP contribution in [0, 0.1) is 0 Å². The third kappa shape index (κ3) is 7.70. The molecule has 0 saturated carbocycles. The Morgan fingerprint density at radius 2 is 1.55 bits per heavy atom. The minimum absolute atomic E-state index is 0. The van der Waals surface area contributed by atoms with Crippen LogP contribution in [0.3, 0.4) is 0 Å². The van der Waals surface area contributed by atoms with Crippen LogP contribution in [0.2, 0.25) is 0 Å². The van der Waals surface area contributed by atoms with Gasteiger partial charge in [0, 0.05) is 11.4 Å². The van der Waals surface area contributed by atoms with E-state index in [1.54, 1.807) is 30.3 Å². The first-order valence-electron chi connectivity index (χ1n) is 9.35. The molecule has 3 rings (SSSR count). The Hall–Kier alpha value is -2.06. The van der Waals surface area contributed by atoms with E-state index in [0.29, 0.717) is 29.2 Å². The highest BCUT2D eigenvalue weighted by molar-refractivity contribution is 6.04. The molecule has 1 aromatic carbocycles. The highest BCUT2D eigenvalue weighted by Crippen LogP contribution is 2.16. The number of amides is 2. The zero-order chi connectivity index (χ0) is 19.1. The van der Waals surface area contributed by atoms with Gasteiger partial charge >= 0.3 is 0 Å². The van der Waals surface area contributed by atoms with Crippen LogP contribution in [0.1, 0.15) is 41.8 Å². The summed E-state index contributed by atoms with van der Waals surface area (Å²) >= 11 is 0. The fourth-order valence-corrected chi connectivity index (χ4v) is 3.14. The Labute approximate surface area is 183 Å². The second-order valence-corrected chi connectivity index (χ2v) is 6.78. The normalized spacial score (nSPS) is 14.1. The average Bonchev–Trinajstić information content (AvgIpc) is 3.01. The van der Waals surface area contributed by atoms with E-state index >= 15 is 0 Å². The third-order valence-corrected chi connectivity index (χ3v) is 4.61. The smallest absolute Gasteiger partial charge is 0.258 e. The zero-order valence-electron chi connectivity index (χ0n) is 16.2. The number of nitrogens with zero attached hydrogens (tertiary/aromatic N) is 1. The van der Waals surface area contributed by atoms with E-state index in [1.165, 1.54) is 19.1 Å². The number of halogens is 2. The molecule has 2 aromatic rings. The van der Waals surface area contributed by atoms with Gasteiger partial charge in [-0.25, -0.2) is 0 Å². The van der Waals surface area contributed by atoms with Gasteiger partial charge in [0.15, 0.2) is 0 Å². The lowest BCUT2D eigenvalue weighted by molar-refractivity contribution is -0.117. The molecular weight excluding hydrogens is 415 g/mol. The summed E-state index contributed by atoms with van der Waals surface area (Å²) in [6.45, 7) is 2.64. The maximum absolute atomic E-state index is 12.2. The van der Waals surface area contributed by atoms with Gasteiger partial charge in [-0.15, -0.1) is 24.8 Å². The van der Waals surface area contributed by atoms with E-state index in [-0.39, 0.29) is 43.2 Å². The van der Waals surface area contributed by atoms with Crippen molar-refractivity contribution in [1.82, 2.24) is 4.90 Å². The number of benzene rings is 1. The number of likely N-dealkylation sites (tertiary alicyclic amines) is 1. The molecule has 1 fully saturated rings. The predicted octanol–water partition coefficient (Wildman–Crippen LogP) is 3.65. The second kappa shape index (κ2) is 12.5. The Morgan fingerprint density at radius 1 is 0.966 bits per heavy atom. The molecule has 1 saturated heterocycles. The SMILES string of the molecule is Cl.Cl.NCc1cc(C(=O)Nc2ccc(NC(=O)CN3CCCCCC3)cc2)co1. The van der Waals surface area contributed by atoms with Crippen LogP contribution in [0.5, 0.6) is 0 Å². The molecule has 0 radical (unpaired) electrons. The molecule has 0 unspecified atom stereocenters. The van der Waals surface area contributed by atoms with Gasteiger partial charge in [-0.1, -0.05) is 12.8 Å². The van der Waals surface area contributed by atoms with E-state index in [4.69, 9.17) is 10.2 Å². The Balaban J connectivity index is 0.00000210. The fraction of sp³-hybridized carbons (Fsp3) is 0.400. The summed E-state index contributed by atoms with van der Waals surface area (Å²) in [5.41, 5.74) is 7.25. The quantitative estimate of drug-likeness (QED) is 0.633. The number of nitrogens with two attached hydrogens (primary N) is 1. The standard InChI is InChI=1S/C20H26N4O3.2ClH/c21-12-18-11-15(14-27-18)20(26)23-17-7-5-16(6-8-17)22-19(25)13-24-9-3-1-2-4-10-24;;/h5-8,11,14H,1-4,9-10,12-13,21H2,(H,22,25)(H,23,26);2*1H. The largest absolute Gasteiger partial charge is 0.467 e. The lowest BCUT2D eigenvalue weighted by Gasteiger charge is -2.19. The maximum Gasteiger partial charge on any atom is 0.258 e. The molecule has 1 aliphatic rings. The van der Waals surface area contributed by atoms with Crippen LogP contribution in [-0.4, -0.2) is 36.3 Å². The minimum Gasteiger partial charge on any atom is -0.467 e. The lowest BCUT2D eigenvalue weighted by Crippen LogP contribution is -2.33. The van der Waals surface area contributed by atoms with Gasteiger partial charge in [-0.3, -0.25) is 14.5 Å². The summed E-state index contributed by atoms with van der Waals surface area (Å²) in [7, 11) is 0. The topological polar surface area (TPSA) is 101 Å². The van der Waals surface area contributed by atoms with Gasteiger partial charge in [-0.2, -0.15) is 0 Å². The molecule has 2 heterocycles. The van der Waals surface area contributed by atoms with Crippen LogP contribution in [0.25, 0.3) is 0 Å². The first-order chi connectivity index (χ1) is 13.1. The van der Waals surface area contributed by atoms with E-state index in [0.717, 1.165) is 25.9 Å². The van der Waals surface area contributed by atoms with Crippen LogP contribution < -0.4 is 16.4 Å². The Kier molecular flexibility index (Phi) is 10.8. The number of anilines is 2. The fourth-order valence-electron chi connectivity index (χ4n) is 3.14. The number of rotatable bonds is 6. The minimum atomic E-state index is -0.267. The summed E-state index contributed by atoms with van der Waals surface area (Å²) in [4.78, 5) is 26.6. The summed E-state index contributed by atoms with van der Waals surface area (Å²) in [5.74, 6) is 0.278. The number of nitrogens with one attached hydrogen (secondary N) is 2. The molecule has 0 bridgehead atoms. The molecule has 7 nitrogen and oxygen atoms in total. The van der Waals surface area contributed by atoms with E-state index in [2.05, 4.69) is 15.5 Å². The number of hydrogen-bond donors (Lipinski definition) is 3. The maximum atomic E-state index is 12.2. The van der Waals surface area contributed by atoms with Gasteiger partial charge in [0.25, 0.3) is 5.91 Å².